The Morgan fingerprint density at radius 3 is 2.35 bits per heavy atom. The number of nitro groups is 1. The second kappa shape index (κ2) is 7.31. The first-order valence-corrected chi connectivity index (χ1v) is 7.48. The number of hydrogen-bond donors (Lipinski definition) is 1. The quantitative estimate of drug-likeness (QED) is 0.555. The van der Waals surface area contributed by atoms with E-state index in [0.717, 1.165) is 17.8 Å². The summed E-state index contributed by atoms with van der Waals surface area (Å²) in [5.74, 6) is -0.723. The zero-order valence-corrected chi connectivity index (χ0v) is 13.3. The van der Waals surface area contributed by atoms with Crippen molar-refractivity contribution in [2.45, 2.75) is 0 Å². The van der Waals surface area contributed by atoms with E-state index >= 15 is 0 Å². The Kier molecular flexibility index (Phi) is 4.75. The van der Waals surface area contributed by atoms with Gasteiger partial charge in [-0.15, -0.1) is 0 Å². The van der Waals surface area contributed by atoms with Crippen LogP contribution in [-0.2, 0) is 0 Å². The molecule has 3 rings (SSSR count). The zero-order chi connectivity index (χ0) is 18.5. The molecule has 0 aliphatic carbocycles. The summed E-state index contributed by atoms with van der Waals surface area (Å²) >= 11 is 0. The fourth-order valence-electron chi connectivity index (χ4n) is 2.20. The second-order valence-corrected chi connectivity index (χ2v) is 5.23. The molecular weight excluding hydrogens is 336 g/mol. The lowest BCUT2D eigenvalue weighted by molar-refractivity contribution is -0.385. The Morgan fingerprint density at radius 1 is 1.04 bits per heavy atom. The minimum absolute atomic E-state index is 0.107. The van der Waals surface area contributed by atoms with Crippen molar-refractivity contribution >= 4 is 23.8 Å². The van der Waals surface area contributed by atoms with Crippen molar-refractivity contribution in [3.63, 3.8) is 0 Å². The monoisotopic (exact) mass is 348 g/mol. The van der Waals surface area contributed by atoms with Crippen molar-refractivity contribution in [3.8, 4) is 11.4 Å². The zero-order valence-electron chi connectivity index (χ0n) is 13.3. The van der Waals surface area contributed by atoms with Crippen LogP contribution in [0, 0.1) is 10.1 Å². The summed E-state index contributed by atoms with van der Waals surface area (Å²) in [4.78, 5) is 33.7. The number of benzene rings is 1. The van der Waals surface area contributed by atoms with E-state index in [1.165, 1.54) is 6.08 Å². The third kappa shape index (κ3) is 3.75. The van der Waals surface area contributed by atoms with Crippen LogP contribution in [0.3, 0.4) is 0 Å². The smallest absolute Gasteiger partial charge is 0.338 e. The normalized spacial score (nSPS) is 10.8. The Labute approximate surface area is 147 Å². The summed E-state index contributed by atoms with van der Waals surface area (Å²) in [6, 6.07) is 10.4. The lowest BCUT2D eigenvalue weighted by Gasteiger charge is -2.01. The van der Waals surface area contributed by atoms with Gasteiger partial charge in [-0.2, -0.15) is 0 Å². The van der Waals surface area contributed by atoms with Crippen molar-refractivity contribution < 1.29 is 14.8 Å². The molecule has 0 saturated heterocycles. The van der Waals surface area contributed by atoms with E-state index in [2.05, 4.69) is 15.0 Å². The average Bonchev–Trinajstić information content (AvgIpc) is 2.67. The molecule has 0 saturated carbocycles. The summed E-state index contributed by atoms with van der Waals surface area (Å²) in [5.41, 5.74) is 0.997. The summed E-state index contributed by atoms with van der Waals surface area (Å²) < 4.78 is 0. The van der Waals surface area contributed by atoms with Gasteiger partial charge in [0.15, 0.2) is 5.82 Å². The fraction of sp³-hybridized carbons (Fsp3) is 0. The Morgan fingerprint density at radius 2 is 1.73 bits per heavy atom. The number of carboxylic acids is 1. The van der Waals surface area contributed by atoms with Gasteiger partial charge in [0.1, 0.15) is 6.20 Å². The maximum absolute atomic E-state index is 11.3. The summed E-state index contributed by atoms with van der Waals surface area (Å²) in [5, 5.41) is 20.0. The van der Waals surface area contributed by atoms with Crippen molar-refractivity contribution in [2.75, 3.05) is 0 Å². The van der Waals surface area contributed by atoms with Gasteiger partial charge >= 0.3 is 5.97 Å². The Bertz CT molecular complexity index is 986. The van der Waals surface area contributed by atoms with Gasteiger partial charge in [0.05, 0.1) is 16.2 Å². The molecule has 1 N–H and O–H groups in total. The second-order valence-electron chi connectivity index (χ2n) is 5.23. The molecule has 8 heteroatoms. The number of hydrogen-bond acceptors (Lipinski definition) is 6. The van der Waals surface area contributed by atoms with E-state index < -0.39 is 10.9 Å². The molecule has 26 heavy (non-hydrogen) atoms. The molecule has 0 fully saturated rings. The molecule has 8 nitrogen and oxygen atoms in total. The van der Waals surface area contributed by atoms with Crippen LogP contribution in [0.4, 0.5) is 5.69 Å². The van der Waals surface area contributed by atoms with Crippen molar-refractivity contribution in [1.82, 2.24) is 15.0 Å². The van der Waals surface area contributed by atoms with Gasteiger partial charge in [-0.25, -0.2) is 19.7 Å². The Hall–Kier alpha value is -3.94. The molecule has 0 atom stereocenters. The standard InChI is InChI=1S/C18H12N4O4/c23-18(24)15-8-14(22(25)26)11-19-16(15)7-6-12-9-20-17(21-10-12)13-4-2-1-3-5-13/h1-11H,(H,23,24)/b7-6+. The van der Waals surface area contributed by atoms with Crippen LogP contribution < -0.4 is 0 Å². The molecule has 3 aromatic rings. The first kappa shape index (κ1) is 16.9. The predicted molar refractivity (Wildman–Crippen MR) is 94.2 cm³/mol. The van der Waals surface area contributed by atoms with Gasteiger partial charge in [-0.1, -0.05) is 30.3 Å². The third-order valence-corrected chi connectivity index (χ3v) is 3.48. The van der Waals surface area contributed by atoms with Crippen LogP contribution in [0.2, 0.25) is 0 Å². The maximum Gasteiger partial charge on any atom is 0.338 e. The number of carbonyl (C=O) groups is 1. The summed E-state index contributed by atoms with van der Waals surface area (Å²) in [7, 11) is 0. The molecule has 0 bridgehead atoms. The molecule has 2 heterocycles. The first-order valence-electron chi connectivity index (χ1n) is 7.48. The van der Waals surface area contributed by atoms with Crippen molar-refractivity contribution in [2.24, 2.45) is 0 Å². The molecule has 0 unspecified atom stereocenters. The number of pyridine rings is 1. The summed E-state index contributed by atoms with van der Waals surface area (Å²) in [6.45, 7) is 0. The molecule has 2 aromatic heterocycles. The first-order chi connectivity index (χ1) is 12.5. The summed E-state index contributed by atoms with van der Waals surface area (Å²) in [6.07, 6.45) is 7.25. The van der Waals surface area contributed by atoms with Gasteiger partial charge in [0.25, 0.3) is 5.69 Å². The van der Waals surface area contributed by atoms with Gasteiger partial charge in [-0.05, 0) is 12.2 Å². The molecule has 0 aliphatic rings. The number of nitrogens with zero attached hydrogens (tertiary/aromatic N) is 4. The number of aromatic carboxylic acids is 1. The van der Waals surface area contributed by atoms with E-state index in [0.29, 0.717) is 11.4 Å². The Balaban J connectivity index is 1.86. The number of carboxylic acid groups (broad SMARTS) is 1. The van der Waals surface area contributed by atoms with Crippen molar-refractivity contribution in [1.29, 1.82) is 0 Å². The highest BCUT2D eigenvalue weighted by atomic mass is 16.6. The van der Waals surface area contributed by atoms with Gasteiger partial charge in [0, 0.05) is 29.6 Å². The third-order valence-electron chi connectivity index (χ3n) is 3.48. The minimum atomic E-state index is -1.29. The predicted octanol–water partition coefficient (Wildman–Crippen LogP) is 3.32. The van der Waals surface area contributed by atoms with E-state index in [-0.39, 0.29) is 16.9 Å². The highest BCUT2D eigenvalue weighted by Crippen LogP contribution is 2.18. The molecule has 1 aromatic carbocycles. The lowest BCUT2D eigenvalue weighted by atomic mass is 10.1. The number of aromatic nitrogens is 3. The molecular formula is C18H12N4O4. The van der Waals surface area contributed by atoms with Gasteiger partial charge < -0.3 is 5.11 Å². The molecule has 0 aliphatic heterocycles. The van der Waals surface area contributed by atoms with Crippen molar-refractivity contribution in [3.05, 3.63) is 81.9 Å². The maximum atomic E-state index is 11.3. The lowest BCUT2D eigenvalue weighted by Crippen LogP contribution is -2.03. The van der Waals surface area contributed by atoms with Crippen LogP contribution in [-0.4, -0.2) is 31.0 Å². The topological polar surface area (TPSA) is 119 Å². The molecule has 128 valence electrons. The van der Waals surface area contributed by atoms with Gasteiger partial charge in [-0.3, -0.25) is 10.1 Å². The van der Waals surface area contributed by atoms with E-state index in [1.807, 2.05) is 30.3 Å². The molecule has 0 radical (unpaired) electrons. The minimum Gasteiger partial charge on any atom is -0.478 e. The largest absolute Gasteiger partial charge is 0.478 e. The van der Waals surface area contributed by atoms with Crippen LogP contribution >= 0.6 is 0 Å². The fourth-order valence-corrected chi connectivity index (χ4v) is 2.20. The molecule has 0 amide bonds. The van der Waals surface area contributed by atoms with E-state index in [9.17, 15) is 20.0 Å². The van der Waals surface area contributed by atoms with Crippen LogP contribution in [0.15, 0.2) is 55.0 Å². The SMILES string of the molecule is O=C(O)c1cc([N+](=O)[O-])cnc1/C=C/c1cnc(-c2ccccc2)nc1. The van der Waals surface area contributed by atoms with Crippen LogP contribution in [0.1, 0.15) is 21.6 Å². The van der Waals surface area contributed by atoms with Crippen LogP contribution in [0.5, 0.6) is 0 Å². The van der Waals surface area contributed by atoms with E-state index in [4.69, 9.17) is 0 Å². The average molecular weight is 348 g/mol. The highest BCUT2D eigenvalue weighted by Gasteiger charge is 2.15. The number of rotatable bonds is 5. The molecule has 0 spiro atoms. The highest BCUT2D eigenvalue weighted by molar-refractivity contribution is 5.93. The van der Waals surface area contributed by atoms with Gasteiger partial charge in [0.2, 0.25) is 0 Å². The van der Waals surface area contributed by atoms with Crippen LogP contribution in [0.25, 0.3) is 23.5 Å². The van der Waals surface area contributed by atoms with E-state index in [1.54, 1.807) is 18.5 Å².